The topological polar surface area (TPSA) is 71.1 Å². The van der Waals surface area contributed by atoms with E-state index in [4.69, 9.17) is 11.2 Å². The minimum absolute atomic E-state index is 0.0260. The molecule has 2 aromatic heterocycles. The van der Waals surface area contributed by atoms with Crippen LogP contribution in [0.25, 0.3) is 11.2 Å². The van der Waals surface area contributed by atoms with Crippen LogP contribution >= 0.6 is 15.9 Å². The summed E-state index contributed by atoms with van der Waals surface area (Å²) in [5.41, 5.74) is 0.518. The second-order valence-electron chi connectivity index (χ2n) is 5.48. The normalized spacial score (nSPS) is 10.8. The van der Waals surface area contributed by atoms with Crippen molar-refractivity contribution in [3.8, 4) is 18.4 Å². The molecular weight excluding hydrogens is 388 g/mol. The first-order valence-corrected chi connectivity index (χ1v) is 8.20. The summed E-state index contributed by atoms with van der Waals surface area (Å²) in [6.45, 7) is 0.193. The second-order valence-corrected chi connectivity index (χ2v) is 6.39. The van der Waals surface area contributed by atoms with Gasteiger partial charge < -0.3 is 4.74 Å². The summed E-state index contributed by atoms with van der Waals surface area (Å²) in [7, 11) is 3.22. The van der Waals surface area contributed by atoms with Crippen LogP contribution in [0.4, 0.5) is 0 Å². The number of aromatic nitrogens is 4. The Bertz CT molecular complexity index is 1100. The maximum atomic E-state index is 12.9. The van der Waals surface area contributed by atoms with Gasteiger partial charge in [-0.15, -0.1) is 6.42 Å². The Hall–Kier alpha value is -2.79. The molecule has 0 saturated carbocycles. The van der Waals surface area contributed by atoms with Gasteiger partial charge in [-0.3, -0.25) is 18.5 Å². The summed E-state index contributed by atoms with van der Waals surface area (Å²) in [6, 6.07) is 7.62. The highest BCUT2D eigenvalue weighted by molar-refractivity contribution is 9.10. The van der Waals surface area contributed by atoms with Gasteiger partial charge in [-0.05, 0) is 17.7 Å². The average molecular weight is 403 g/mol. The molecule has 0 atom stereocenters. The predicted molar refractivity (Wildman–Crippen MR) is 97.8 cm³/mol. The predicted octanol–water partition coefficient (Wildman–Crippen LogP) is 1.26. The third-order valence-electron chi connectivity index (χ3n) is 3.86. The number of aryl methyl sites for hydroxylation is 2. The van der Waals surface area contributed by atoms with E-state index in [0.717, 1.165) is 10.0 Å². The lowest BCUT2D eigenvalue weighted by atomic mass is 10.2. The summed E-state index contributed by atoms with van der Waals surface area (Å²) in [6.07, 6.45) is 5.19. The molecule has 1 aromatic carbocycles. The van der Waals surface area contributed by atoms with Gasteiger partial charge in [0.25, 0.3) is 11.6 Å². The van der Waals surface area contributed by atoms with Crippen molar-refractivity contribution in [2.45, 2.75) is 6.54 Å². The molecule has 7 nitrogen and oxygen atoms in total. The number of fused-ring (bicyclic) bond motifs is 1. The number of hydrogen-bond donors (Lipinski definition) is 0. The molecule has 0 N–H and O–H groups in total. The highest BCUT2D eigenvalue weighted by Gasteiger charge is 2.19. The Morgan fingerprint density at radius 3 is 2.52 bits per heavy atom. The molecule has 2 heterocycles. The minimum atomic E-state index is -0.443. The van der Waals surface area contributed by atoms with Crippen molar-refractivity contribution in [2.75, 3.05) is 6.61 Å². The molecule has 0 aliphatic rings. The third kappa shape index (κ3) is 2.98. The van der Waals surface area contributed by atoms with E-state index in [9.17, 15) is 9.59 Å². The van der Waals surface area contributed by atoms with Crippen LogP contribution in [0.2, 0.25) is 0 Å². The molecule has 0 saturated heterocycles. The fourth-order valence-corrected chi connectivity index (χ4v) is 2.83. The molecule has 0 aliphatic heterocycles. The first-order chi connectivity index (χ1) is 11.9. The van der Waals surface area contributed by atoms with Crippen LogP contribution in [0.15, 0.2) is 38.3 Å². The highest BCUT2D eigenvalue weighted by Crippen LogP contribution is 2.16. The van der Waals surface area contributed by atoms with Gasteiger partial charge >= 0.3 is 5.69 Å². The largest absolute Gasteiger partial charge is 0.451 e. The number of ether oxygens (including phenoxy) is 1. The summed E-state index contributed by atoms with van der Waals surface area (Å²) in [4.78, 5) is 29.7. The maximum absolute atomic E-state index is 12.9. The van der Waals surface area contributed by atoms with E-state index in [0.29, 0.717) is 0 Å². The molecular formula is C17H15BrN4O3. The summed E-state index contributed by atoms with van der Waals surface area (Å²) < 4.78 is 10.3. The molecule has 0 aliphatic carbocycles. The number of imidazole rings is 1. The van der Waals surface area contributed by atoms with Crippen molar-refractivity contribution < 1.29 is 4.74 Å². The van der Waals surface area contributed by atoms with Crippen LogP contribution in [0.1, 0.15) is 5.56 Å². The van der Waals surface area contributed by atoms with Crippen molar-refractivity contribution >= 4 is 27.1 Å². The Balaban J connectivity index is 2.18. The van der Waals surface area contributed by atoms with E-state index in [-0.39, 0.29) is 30.3 Å². The molecule has 0 fully saturated rings. The second kappa shape index (κ2) is 6.61. The molecule has 3 aromatic rings. The summed E-state index contributed by atoms with van der Waals surface area (Å²) in [5, 5.41) is 0. The van der Waals surface area contributed by atoms with Gasteiger partial charge in [0.1, 0.15) is 0 Å². The van der Waals surface area contributed by atoms with Gasteiger partial charge in [-0.25, -0.2) is 4.79 Å². The number of benzene rings is 1. The zero-order chi connectivity index (χ0) is 18.1. The molecule has 3 rings (SSSR count). The quantitative estimate of drug-likeness (QED) is 0.615. The molecule has 0 unspecified atom stereocenters. The van der Waals surface area contributed by atoms with Crippen molar-refractivity contribution in [1.82, 2.24) is 18.7 Å². The monoisotopic (exact) mass is 402 g/mol. The lowest BCUT2D eigenvalue weighted by Gasteiger charge is -2.08. The Kier molecular flexibility index (Phi) is 4.51. The van der Waals surface area contributed by atoms with Gasteiger partial charge in [-0.1, -0.05) is 34.0 Å². The van der Waals surface area contributed by atoms with Gasteiger partial charge in [0, 0.05) is 18.6 Å². The van der Waals surface area contributed by atoms with Crippen LogP contribution < -0.4 is 16.0 Å². The van der Waals surface area contributed by atoms with E-state index in [1.165, 1.54) is 13.7 Å². The van der Waals surface area contributed by atoms with Crippen molar-refractivity contribution in [2.24, 2.45) is 14.1 Å². The SMILES string of the molecule is C#CCOc1nc2c(c(=O)n(Cc3ccc(Br)cc3)c(=O)n2C)n1C. The van der Waals surface area contributed by atoms with Crippen LogP contribution in [0.3, 0.4) is 0 Å². The lowest BCUT2D eigenvalue weighted by Crippen LogP contribution is -2.39. The van der Waals surface area contributed by atoms with Gasteiger partial charge in [-0.2, -0.15) is 4.98 Å². The Labute approximate surface area is 151 Å². The smallest absolute Gasteiger partial charge is 0.332 e. The standard InChI is InChI=1S/C17H15BrN4O3/c1-4-9-25-16-19-14-13(20(16)2)15(23)22(17(24)21(14)3)10-11-5-7-12(18)8-6-11/h1,5-8H,9-10H2,2-3H3. The molecule has 0 radical (unpaired) electrons. The van der Waals surface area contributed by atoms with E-state index in [1.54, 1.807) is 14.1 Å². The Morgan fingerprint density at radius 2 is 1.88 bits per heavy atom. The molecule has 25 heavy (non-hydrogen) atoms. The van der Waals surface area contributed by atoms with Crippen LogP contribution in [0.5, 0.6) is 6.01 Å². The zero-order valence-electron chi connectivity index (χ0n) is 13.7. The van der Waals surface area contributed by atoms with Crippen molar-refractivity contribution in [1.29, 1.82) is 0 Å². The summed E-state index contributed by atoms with van der Waals surface area (Å²) >= 11 is 3.36. The fourth-order valence-electron chi connectivity index (χ4n) is 2.57. The molecule has 0 amide bonds. The molecule has 0 spiro atoms. The van der Waals surface area contributed by atoms with Crippen LogP contribution in [-0.4, -0.2) is 25.3 Å². The first-order valence-electron chi connectivity index (χ1n) is 7.41. The van der Waals surface area contributed by atoms with Gasteiger partial charge in [0.2, 0.25) is 0 Å². The van der Waals surface area contributed by atoms with Crippen LogP contribution in [-0.2, 0) is 20.6 Å². The first kappa shape index (κ1) is 17.0. The van der Waals surface area contributed by atoms with E-state index in [1.807, 2.05) is 24.3 Å². The molecule has 8 heteroatoms. The van der Waals surface area contributed by atoms with E-state index in [2.05, 4.69) is 26.8 Å². The number of terminal acetylenes is 1. The lowest BCUT2D eigenvalue weighted by molar-refractivity contribution is 0.330. The number of rotatable bonds is 4. The third-order valence-corrected chi connectivity index (χ3v) is 4.39. The zero-order valence-corrected chi connectivity index (χ0v) is 15.3. The van der Waals surface area contributed by atoms with Crippen molar-refractivity contribution in [3.05, 3.63) is 55.1 Å². The van der Waals surface area contributed by atoms with E-state index >= 15 is 0 Å². The minimum Gasteiger partial charge on any atom is -0.451 e. The average Bonchev–Trinajstić information content (AvgIpc) is 2.93. The maximum Gasteiger partial charge on any atom is 0.332 e. The highest BCUT2D eigenvalue weighted by atomic mass is 79.9. The summed E-state index contributed by atoms with van der Waals surface area (Å²) in [5.74, 6) is 2.35. The molecule has 0 bridgehead atoms. The number of hydrogen-bond acceptors (Lipinski definition) is 4. The van der Waals surface area contributed by atoms with E-state index < -0.39 is 11.2 Å². The number of halogens is 1. The number of nitrogens with zero attached hydrogens (tertiary/aromatic N) is 4. The van der Waals surface area contributed by atoms with Crippen molar-refractivity contribution in [3.63, 3.8) is 0 Å². The van der Waals surface area contributed by atoms with Crippen LogP contribution in [0, 0.1) is 12.3 Å². The van der Waals surface area contributed by atoms with Gasteiger partial charge in [0.15, 0.2) is 17.8 Å². The Morgan fingerprint density at radius 1 is 1.20 bits per heavy atom. The molecule has 128 valence electrons. The fraction of sp³-hybridized carbons (Fsp3) is 0.235. The van der Waals surface area contributed by atoms with Gasteiger partial charge in [0.05, 0.1) is 6.54 Å².